The molecule has 0 amide bonds. The first-order chi connectivity index (χ1) is 9.12. The Balaban J connectivity index is 1.81. The molecule has 100 valence electrons. The van der Waals surface area contributed by atoms with Crippen molar-refractivity contribution in [2.24, 2.45) is 0 Å². The summed E-state index contributed by atoms with van der Waals surface area (Å²) in [5, 5.41) is 3.17. The first-order valence-electron chi connectivity index (χ1n) is 6.17. The normalized spacial score (nSPS) is 22.2. The van der Waals surface area contributed by atoms with Crippen LogP contribution >= 0.6 is 0 Å². The minimum Gasteiger partial charge on any atom is -0.366 e. The maximum atomic E-state index is 11.6. The zero-order valence-electron chi connectivity index (χ0n) is 10.3. The maximum Gasteiger partial charge on any atom is 0.180 e. The largest absolute Gasteiger partial charge is 0.366 e. The van der Waals surface area contributed by atoms with Crippen LogP contribution in [0.3, 0.4) is 0 Å². The lowest BCUT2D eigenvalue weighted by molar-refractivity contribution is 0.561. The van der Waals surface area contributed by atoms with Crippen LogP contribution in [0.15, 0.2) is 24.5 Å². The highest BCUT2D eigenvalue weighted by Gasteiger charge is 2.24. The molecule has 1 fully saturated rings. The van der Waals surface area contributed by atoms with Gasteiger partial charge in [0.15, 0.2) is 15.5 Å². The molecule has 2 aromatic rings. The van der Waals surface area contributed by atoms with Gasteiger partial charge in [-0.05, 0) is 25.0 Å². The molecule has 0 bridgehead atoms. The van der Waals surface area contributed by atoms with Crippen molar-refractivity contribution in [2.45, 2.75) is 18.9 Å². The molecule has 1 unspecified atom stereocenters. The minimum atomic E-state index is -2.91. The zero-order chi connectivity index (χ0) is 13.3. The summed E-state index contributed by atoms with van der Waals surface area (Å²) in [6.45, 7) is 0. The summed E-state index contributed by atoms with van der Waals surface area (Å²) in [5.41, 5.74) is 1.29. The van der Waals surface area contributed by atoms with E-state index in [4.69, 9.17) is 0 Å². The van der Waals surface area contributed by atoms with E-state index in [-0.39, 0.29) is 11.8 Å². The Kier molecular flexibility index (Phi) is 3.06. The average molecular weight is 278 g/mol. The van der Waals surface area contributed by atoms with Crippen LogP contribution < -0.4 is 5.32 Å². The van der Waals surface area contributed by atoms with Gasteiger partial charge in [-0.25, -0.2) is 18.4 Å². The monoisotopic (exact) mass is 278 g/mol. The Hall–Kier alpha value is -1.76. The first kappa shape index (κ1) is 12.3. The van der Waals surface area contributed by atoms with E-state index in [0.29, 0.717) is 23.6 Å². The first-order valence-corrected chi connectivity index (χ1v) is 7.99. The number of nitrogens with zero attached hydrogens (tertiary/aromatic N) is 3. The standard InChI is InChI=1S/C12H14N4O2S/c17-19(18)7-1-2-9(8-19)15-11-4-3-10-12(16-11)14-6-5-13-10/h3-6,9H,1-2,7-8H2,(H,14,15,16). The molecule has 1 aliphatic heterocycles. The van der Waals surface area contributed by atoms with Crippen molar-refractivity contribution in [3.8, 4) is 0 Å². The van der Waals surface area contributed by atoms with Gasteiger partial charge in [0.05, 0.1) is 11.5 Å². The molecule has 3 heterocycles. The number of sulfone groups is 1. The van der Waals surface area contributed by atoms with Crippen LogP contribution in [0.25, 0.3) is 11.2 Å². The second-order valence-corrected chi connectivity index (χ2v) is 6.92. The van der Waals surface area contributed by atoms with E-state index in [2.05, 4.69) is 20.3 Å². The highest BCUT2D eigenvalue weighted by Crippen LogP contribution is 2.17. The molecule has 1 N–H and O–H groups in total. The van der Waals surface area contributed by atoms with E-state index >= 15 is 0 Å². The Morgan fingerprint density at radius 3 is 2.89 bits per heavy atom. The second kappa shape index (κ2) is 4.73. The topological polar surface area (TPSA) is 84.8 Å². The predicted molar refractivity (Wildman–Crippen MR) is 72.6 cm³/mol. The zero-order valence-corrected chi connectivity index (χ0v) is 11.1. The number of nitrogens with one attached hydrogen (secondary N) is 1. The highest BCUT2D eigenvalue weighted by atomic mass is 32.2. The van der Waals surface area contributed by atoms with Gasteiger partial charge in [-0.2, -0.15) is 0 Å². The highest BCUT2D eigenvalue weighted by molar-refractivity contribution is 7.91. The SMILES string of the molecule is O=S1(=O)CCCC(Nc2ccc3nccnc3n2)C1. The summed E-state index contributed by atoms with van der Waals surface area (Å²) < 4.78 is 23.2. The van der Waals surface area contributed by atoms with E-state index in [1.165, 1.54) is 0 Å². The third kappa shape index (κ3) is 2.81. The Bertz CT molecular complexity index is 702. The summed E-state index contributed by atoms with van der Waals surface area (Å²) in [6, 6.07) is 3.56. The quantitative estimate of drug-likeness (QED) is 0.882. The fraction of sp³-hybridized carbons (Fsp3) is 0.417. The van der Waals surface area contributed by atoms with Gasteiger partial charge in [0.25, 0.3) is 0 Å². The number of pyridine rings is 1. The minimum absolute atomic E-state index is 0.0691. The van der Waals surface area contributed by atoms with Crippen LogP contribution in [0.1, 0.15) is 12.8 Å². The second-order valence-electron chi connectivity index (χ2n) is 4.69. The van der Waals surface area contributed by atoms with Crippen molar-refractivity contribution >= 4 is 26.8 Å². The van der Waals surface area contributed by atoms with Crippen LogP contribution in [-0.2, 0) is 9.84 Å². The van der Waals surface area contributed by atoms with Crippen LogP contribution in [0.2, 0.25) is 0 Å². The van der Waals surface area contributed by atoms with Crippen LogP contribution in [0.5, 0.6) is 0 Å². The Labute approximate surface area is 111 Å². The number of hydrogen-bond acceptors (Lipinski definition) is 6. The molecule has 1 saturated heterocycles. The fourth-order valence-electron chi connectivity index (χ4n) is 2.28. The van der Waals surface area contributed by atoms with Gasteiger partial charge in [0.2, 0.25) is 0 Å². The smallest absolute Gasteiger partial charge is 0.180 e. The summed E-state index contributed by atoms with van der Waals surface area (Å²) >= 11 is 0. The number of anilines is 1. The van der Waals surface area contributed by atoms with Crippen molar-refractivity contribution in [2.75, 3.05) is 16.8 Å². The maximum absolute atomic E-state index is 11.6. The number of rotatable bonds is 2. The average Bonchev–Trinajstić information content (AvgIpc) is 2.37. The van der Waals surface area contributed by atoms with Crippen molar-refractivity contribution in [3.05, 3.63) is 24.5 Å². The van der Waals surface area contributed by atoms with E-state index in [1.54, 1.807) is 18.5 Å². The van der Waals surface area contributed by atoms with Gasteiger partial charge in [0.1, 0.15) is 11.3 Å². The molecule has 3 rings (SSSR count). The van der Waals surface area contributed by atoms with Crippen LogP contribution in [-0.4, -0.2) is 40.9 Å². The molecule has 19 heavy (non-hydrogen) atoms. The lowest BCUT2D eigenvalue weighted by Crippen LogP contribution is -2.35. The van der Waals surface area contributed by atoms with E-state index < -0.39 is 9.84 Å². The molecule has 1 atom stereocenters. The predicted octanol–water partition coefficient (Wildman–Crippen LogP) is 1.01. The molecule has 0 saturated carbocycles. The summed E-state index contributed by atoms with van der Waals surface area (Å²) in [5.74, 6) is 1.12. The number of fused-ring (bicyclic) bond motifs is 1. The molecule has 0 radical (unpaired) electrons. The van der Waals surface area contributed by atoms with Gasteiger partial charge >= 0.3 is 0 Å². The summed E-state index contributed by atoms with van der Waals surface area (Å²) in [7, 11) is -2.91. The van der Waals surface area contributed by atoms with Gasteiger partial charge in [-0.1, -0.05) is 0 Å². The van der Waals surface area contributed by atoms with Crippen molar-refractivity contribution in [3.63, 3.8) is 0 Å². The molecular formula is C12H14N4O2S. The van der Waals surface area contributed by atoms with Crippen molar-refractivity contribution < 1.29 is 8.42 Å². The third-order valence-corrected chi connectivity index (χ3v) is 4.97. The molecule has 1 aliphatic rings. The lowest BCUT2D eigenvalue weighted by Gasteiger charge is -2.23. The van der Waals surface area contributed by atoms with Gasteiger partial charge in [0, 0.05) is 18.4 Å². The Morgan fingerprint density at radius 2 is 2.05 bits per heavy atom. The molecule has 0 spiro atoms. The van der Waals surface area contributed by atoms with E-state index in [1.807, 2.05) is 6.07 Å². The van der Waals surface area contributed by atoms with Gasteiger partial charge in [-0.15, -0.1) is 0 Å². The number of aromatic nitrogens is 3. The van der Waals surface area contributed by atoms with E-state index in [0.717, 1.165) is 11.9 Å². The van der Waals surface area contributed by atoms with Crippen LogP contribution in [0, 0.1) is 0 Å². The molecule has 0 aliphatic carbocycles. The van der Waals surface area contributed by atoms with Crippen molar-refractivity contribution in [1.29, 1.82) is 0 Å². The van der Waals surface area contributed by atoms with E-state index in [9.17, 15) is 8.42 Å². The molecular weight excluding hydrogens is 264 g/mol. The summed E-state index contributed by atoms with van der Waals surface area (Å²) in [4.78, 5) is 12.6. The summed E-state index contributed by atoms with van der Waals surface area (Å²) in [6.07, 6.45) is 4.75. The lowest BCUT2D eigenvalue weighted by atomic mass is 10.2. The molecule has 6 nitrogen and oxygen atoms in total. The molecule has 0 aromatic carbocycles. The molecule has 7 heteroatoms. The fourth-order valence-corrected chi connectivity index (χ4v) is 3.92. The van der Waals surface area contributed by atoms with Gasteiger partial charge in [-0.3, -0.25) is 4.98 Å². The van der Waals surface area contributed by atoms with Crippen LogP contribution in [0.4, 0.5) is 5.82 Å². The number of hydrogen-bond donors (Lipinski definition) is 1. The molecule has 2 aromatic heterocycles. The Morgan fingerprint density at radius 1 is 1.21 bits per heavy atom. The third-order valence-electron chi connectivity index (χ3n) is 3.15. The van der Waals surface area contributed by atoms with Crippen molar-refractivity contribution in [1.82, 2.24) is 15.0 Å². The van der Waals surface area contributed by atoms with Gasteiger partial charge < -0.3 is 5.32 Å².